The predicted octanol–water partition coefficient (Wildman–Crippen LogP) is 4.10. The maximum atomic E-state index is 12.1. The van der Waals surface area contributed by atoms with Crippen molar-refractivity contribution in [2.75, 3.05) is 5.32 Å². The largest absolute Gasteiger partial charge is 0.481 e. The number of hydrogen-bond donors (Lipinski definition) is 1. The Morgan fingerprint density at radius 3 is 2.71 bits per heavy atom. The van der Waals surface area contributed by atoms with E-state index in [9.17, 15) is 4.79 Å². The lowest BCUT2D eigenvalue weighted by Crippen LogP contribution is -2.30. The quantitative estimate of drug-likeness (QED) is 0.861. The second kappa shape index (κ2) is 6.78. The standard InChI is InChI=1S/C15H14Cl2N2O2/c1-9-13(6-7-14(17)18-9)19-15(20)10(2)21-12-5-3-4-11(16)8-12/h3-8,10H,1-2H3,(H,19,20). The number of carbonyl (C=O) groups excluding carboxylic acids is 1. The van der Waals surface area contributed by atoms with Gasteiger partial charge < -0.3 is 10.1 Å². The Morgan fingerprint density at radius 2 is 2.05 bits per heavy atom. The lowest BCUT2D eigenvalue weighted by atomic mass is 10.3. The molecule has 0 aliphatic rings. The van der Waals surface area contributed by atoms with Crippen molar-refractivity contribution in [1.29, 1.82) is 0 Å². The number of aryl methyl sites for hydroxylation is 1. The predicted molar refractivity (Wildman–Crippen MR) is 84.2 cm³/mol. The van der Waals surface area contributed by atoms with Gasteiger partial charge in [-0.2, -0.15) is 0 Å². The Bertz CT molecular complexity index is 662. The first-order chi connectivity index (χ1) is 9.95. The molecule has 1 atom stereocenters. The molecule has 0 saturated carbocycles. The van der Waals surface area contributed by atoms with Gasteiger partial charge in [0.05, 0.1) is 11.4 Å². The average molecular weight is 325 g/mol. The van der Waals surface area contributed by atoms with Crippen molar-refractivity contribution in [3.8, 4) is 5.75 Å². The van der Waals surface area contributed by atoms with Gasteiger partial charge in [-0.1, -0.05) is 29.3 Å². The summed E-state index contributed by atoms with van der Waals surface area (Å²) in [5, 5.41) is 3.69. The van der Waals surface area contributed by atoms with E-state index in [4.69, 9.17) is 27.9 Å². The molecular weight excluding hydrogens is 311 g/mol. The minimum absolute atomic E-state index is 0.276. The van der Waals surface area contributed by atoms with Gasteiger partial charge in [0, 0.05) is 5.02 Å². The van der Waals surface area contributed by atoms with E-state index in [1.807, 2.05) is 0 Å². The molecule has 1 aromatic carbocycles. The van der Waals surface area contributed by atoms with E-state index in [1.165, 1.54) is 0 Å². The summed E-state index contributed by atoms with van der Waals surface area (Å²) < 4.78 is 5.55. The van der Waals surface area contributed by atoms with Crippen molar-refractivity contribution in [1.82, 2.24) is 4.98 Å². The van der Waals surface area contributed by atoms with Gasteiger partial charge in [0.2, 0.25) is 0 Å². The molecule has 1 aromatic heterocycles. The van der Waals surface area contributed by atoms with Gasteiger partial charge >= 0.3 is 0 Å². The fourth-order valence-corrected chi connectivity index (χ4v) is 2.06. The molecule has 110 valence electrons. The molecule has 1 unspecified atom stereocenters. The van der Waals surface area contributed by atoms with Crippen molar-refractivity contribution in [2.45, 2.75) is 20.0 Å². The van der Waals surface area contributed by atoms with Crippen molar-refractivity contribution in [3.63, 3.8) is 0 Å². The molecule has 0 radical (unpaired) electrons. The molecule has 1 N–H and O–H groups in total. The number of rotatable bonds is 4. The van der Waals surface area contributed by atoms with Crippen LogP contribution in [0.3, 0.4) is 0 Å². The molecule has 6 heteroatoms. The molecule has 2 aromatic rings. The summed E-state index contributed by atoms with van der Waals surface area (Å²) in [4.78, 5) is 16.2. The second-order valence-electron chi connectivity index (χ2n) is 4.47. The zero-order valence-electron chi connectivity index (χ0n) is 11.6. The molecule has 1 amide bonds. The van der Waals surface area contributed by atoms with Crippen molar-refractivity contribution >= 4 is 34.8 Å². The van der Waals surface area contributed by atoms with E-state index >= 15 is 0 Å². The first-order valence-electron chi connectivity index (χ1n) is 6.32. The minimum Gasteiger partial charge on any atom is -0.481 e. The van der Waals surface area contributed by atoms with E-state index in [-0.39, 0.29) is 5.91 Å². The van der Waals surface area contributed by atoms with Crippen LogP contribution in [0.2, 0.25) is 10.2 Å². The fraction of sp³-hybridized carbons (Fsp3) is 0.200. The monoisotopic (exact) mass is 324 g/mol. The van der Waals surface area contributed by atoms with Crippen LogP contribution in [0.1, 0.15) is 12.6 Å². The lowest BCUT2D eigenvalue weighted by Gasteiger charge is -2.15. The van der Waals surface area contributed by atoms with Gasteiger partial charge in [0.25, 0.3) is 5.91 Å². The van der Waals surface area contributed by atoms with Gasteiger partial charge in [-0.15, -0.1) is 0 Å². The molecule has 0 aliphatic heterocycles. The van der Waals surface area contributed by atoms with Crippen molar-refractivity contribution < 1.29 is 9.53 Å². The minimum atomic E-state index is -0.668. The van der Waals surface area contributed by atoms with Crippen LogP contribution in [0.15, 0.2) is 36.4 Å². The third kappa shape index (κ3) is 4.34. The van der Waals surface area contributed by atoms with Crippen LogP contribution in [0.5, 0.6) is 5.75 Å². The number of pyridine rings is 1. The highest BCUT2D eigenvalue weighted by Crippen LogP contribution is 2.20. The Balaban J connectivity index is 2.02. The van der Waals surface area contributed by atoms with Crippen LogP contribution in [0.4, 0.5) is 5.69 Å². The molecule has 21 heavy (non-hydrogen) atoms. The fourth-order valence-electron chi connectivity index (χ4n) is 1.69. The van der Waals surface area contributed by atoms with Crippen LogP contribution < -0.4 is 10.1 Å². The molecule has 4 nitrogen and oxygen atoms in total. The smallest absolute Gasteiger partial charge is 0.265 e. The molecular formula is C15H14Cl2N2O2. The first-order valence-corrected chi connectivity index (χ1v) is 7.07. The summed E-state index contributed by atoms with van der Waals surface area (Å²) in [6.45, 7) is 3.43. The molecule has 0 spiro atoms. The number of benzene rings is 1. The lowest BCUT2D eigenvalue weighted by molar-refractivity contribution is -0.122. The molecule has 1 heterocycles. The third-order valence-corrected chi connectivity index (χ3v) is 3.23. The van der Waals surface area contributed by atoms with E-state index in [0.29, 0.717) is 27.3 Å². The number of hydrogen-bond acceptors (Lipinski definition) is 3. The molecule has 0 saturated heterocycles. The van der Waals surface area contributed by atoms with Crippen LogP contribution in [-0.2, 0) is 4.79 Å². The van der Waals surface area contributed by atoms with Gasteiger partial charge in [-0.25, -0.2) is 4.98 Å². The van der Waals surface area contributed by atoms with Crippen molar-refractivity contribution in [3.05, 3.63) is 52.3 Å². The van der Waals surface area contributed by atoms with E-state index in [0.717, 1.165) is 0 Å². The van der Waals surface area contributed by atoms with E-state index in [1.54, 1.807) is 50.2 Å². The number of halogens is 2. The number of aromatic nitrogens is 1. The van der Waals surface area contributed by atoms with Crippen LogP contribution in [-0.4, -0.2) is 17.0 Å². The summed E-state index contributed by atoms with van der Waals surface area (Å²) in [7, 11) is 0. The Labute approximate surface area is 133 Å². The highest BCUT2D eigenvalue weighted by atomic mass is 35.5. The van der Waals surface area contributed by atoms with E-state index < -0.39 is 6.10 Å². The normalized spacial score (nSPS) is 11.8. The Morgan fingerprint density at radius 1 is 1.29 bits per heavy atom. The summed E-state index contributed by atoms with van der Waals surface area (Å²) in [5.41, 5.74) is 1.25. The number of nitrogens with one attached hydrogen (secondary N) is 1. The maximum Gasteiger partial charge on any atom is 0.265 e. The SMILES string of the molecule is Cc1nc(Cl)ccc1NC(=O)C(C)Oc1cccc(Cl)c1. The van der Waals surface area contributed by atoms with Crippen molar-refractivity contribution in [2.24, 2.45) is 0 Å². The number of carbonyl (C=O) groups is 1. The van der Waals surface area contributed by atoms with Crippen LogP contribution in [0.25, 0.3) is 0 Å². The van der Waals surface area contributed by atoms with E-state index in [2.05, 4.69) is 10.3 Å². The Kier molecular flexibility index (Phi) is 5.04. The van der Waals surface area contributed by atoms with Gasteiger partial charge in [0.1, 0.15) is 10.9 Å². The zero-order valence-corrected chi connectivity index (χ0v) is 13.1. The first kappa shape index (κ1) is 15.6. The summed E-state index contributed by atoms with van der Waals surface area (Å²) >= 11 is 11.6. The highest BCUT2D eigenvalue weighted by molar-refractivity contribution is 6.30. The summed E-state index contributed by atoms with van der Waals surface area (Å²) in [6, 6.07) is 10.2. The third-order valence-electron chi connectivity index (χ3n) is 2.79. The molecule has 0 fully saturated rings. The number of amides is 1. The maximum absolute atomic E-state index is 12.1. The van der Waals surface area contributed by atoms with Gasteiger partial charge in [-0.05, 0) is 44.2 Å². The average Bonchev–Trinajstić information content (AvgIpc) is 2.41. The van der Waals surface area contributed by atoms with Crippen LogP contribution >= 0.6 is 23.2 Å². The molecule has 0 aliphatic carbocycles. The Hall–Kier alpha value is -1.78. The summed E-state index contributed by atoms with van der Waals surface area (Å²) in [6.07, 6.45) is -0.668. The number of anilines is 1. The second-order valence-corrected chi connectivity index (χ2v) is 5.30. The zero-order chi connectivity index (χ0) is 15.4. The molecule has 0 bridgehead atoms. The van der Waals surface area contributed by atoms with Crippen LogP contribution in [0, 0.1) is 6.92 Å². The summed E-state index contributed by atoms with van der Waals surface area (Å²) in [5.74, 6) is 0.262. The molecule has 2 rings (SSSR count). The number of ether oxygens (including phenoxy) is 1. The topological polar surface area (TPSA) is 51.2 Å². The van der Waals surface area contributed by atoms with Gasteiger partial charge in [-0.3, -0.25) is 4.79 Å². The number of nitrogens with zero attached hydrogens (tertiary/aromatic N) is 1. The highest BCUT2D eigenvalue weighted by Gasteiger charge is 2.16. The van der Waals surface area contributed by atoms with Gasteiger partial charge in [0.15, 0.2) is 6.10 Å².